The first-order chi connectivity index (χ1) is 16.0. The maximum atomic E-state index is 13.4. The van der Waals surface area contributed by atoms with Gasteiger partial charge in [-0.3, -0.25) is 14.1 Å². The average Bonchev–Trinajstić information content (AvgIpc) is 2.82. The molecule has 0 fully saturated rings. The summed E-state index contributed by atoms with van der Waals surface area (Å²) in [7, 11) is -4.31. The predicted octanol–water partition coefficient (Wildman–Crippen LogP) is 4.97. The number of nitrogens with zero attached hydrogens (tertiary/aromatic N) is 2. The Morgan fingerprint density at radius 2 is 1.79 bits per heavy atom. The predicted molar refractivity (Wildman–Crippen MR) is 123 cm³/mol. The van der Waals surface area contributed by atoms with Gasteiger partial charge < -0.3 is 5.32 Å². The molecule has 0 aliphatic rings. The van der Waals surface area contributed by atoms with Gasteiger partial charge in [-0.05, 0) is 61.0 Å². The maximum Gasteiger partial charge on any atom is 0.416 e. The number of carbonyl (C=O) groups is 1. The molecule has 0 bridgehead atoms. The van der Waals surface area contributed by atoms with Crippen LogP contribution in [-0.4, -0.2) is 25.9 Å². The second-order valence-electron chi connectivity index (χ2n) is 7.38. The highest BCUT2D eigenvalue weighted by Crippen LogP contribution is 2.33. The molecule has 3 aromatic rings. The van der Waals surface area contributed by atoms with E-state index < -0.39 is 27.7 Å². The summed E-state index contributed by atoms with van der Waals surface area (Å²) in [6, 6.07) is 12.5. The first kappa shape index (κ1) is 25.0. The highest BCUT2D eigenvalue weighted by Gasteiger charge is 2.32. The molecular formula is C24H22F3N3O3S. The van der Waals surface area contributed by atoms with Gasteiger partial charge >= 0.3 is 6.18 Å². The molecule has 0 saturated carbocycles. The number of hydrogen-bond donors (Lipinski definition) is 1. The third kappa shape index (κ3) is 5.63. The average molecular weight is 490 g/mol. The summed E-state index contributed by atoms with van der Waals surface area (Å²) >= 11 is 0. The van der Waals surface area contributed by atoms with Crippen molar-refractivity contribution in [3.8, 4) is 0 Å². The summed E-state index contributed by atoms with van der Waals surface area (Å²) in [6.45, 7) is 5.02. The third-order valence-corrected chi connectivity index (χ3v) is 6.78. The Kier molecular flexibility index (Phi) is 7.41. The summed E-state index contributed by atoms with van der Waals surface area (Å²) in [5.74, 6) is -0.504. The number of pyridine rings is 1. The van der Waals surface area contributed by atoms with Gasteiger partial charge in [0.2, 0.25) is 0 Å². The van der Waals surface area contributed by atoms with Crippen LogP contribution in [-0.2, 0) is 16.2 Å². The van der Waals surface area contributed by atoms with Crippen LogP contribution in [0.25, 0.3) is 0 Å². The van der Waals surface area contributed by atoms with Crippen molar-refractivity contribution in [3.63, 3.8) is 0 Å². The van der Waals surface area contributed by atoms with Crippen molar-refractivity contribution in [3.05, 3.63) is 102 Å². The lowest BCUT2D eigenvalue weighted by Crippen LogP contribution is -2.32. The lowest BCUT2D eigenvalue weighted by atomic mass is 10.1. The summed E-state index contributed by atoms with van der Waals surface area (Å²) < 4.78 is 67.0. The molecular weight excluding hydrogens is 467 g/mol. The lowest BCUT2D eigenvalue weighted by Gasteiger charge is -2.24. The van der Waals surface area contributed by atoms with Crippen LogP contribution in [0.5, 0.6) is 0 Å². The minimum atomic E-state index is -4.64. The van der Waals surface area contributed by atoms with E-state index in [9.17, 15) is 26.4 Å². The van der Waals surface area contributed by atoms with Crippen molar-refractivity contribution in [1.29, 1.82) is 0 Å². The molecule has 6 nitrogen and oxygen atoms in total. The van der Waals surface area contributed by atoms with E-state index in [2.05, 4.69) is 16.9 Å². The number of aromatic nitrogens is 1. The summed E-state index contributed by atoms with van der Waals surface area (Å²) in [5.41, 5.74) is -0.248. The molecule has 3 rings (SSSR count). The van der Waals surface area contributed by atoms with Gasteiger partial charge in [-0.1, -0.05) is 18.2 Å². The van der Waals surface area contributed by atoms with Crippen LogP contribution >= 0.6 is 0 Å². The van der Waals surface area contributed by atoms with E-state index in [-0.39, 0.29) is 28.7 Å². The highest BCUT2D eigenvalue weighted by molar-refractivity contribution is 7.92. The molecule has 1 N–H and O–H groups in total. The zero-order chi connectivity index (χ0) is 24.9. The smallest absolute Gasteiger partial charge is 0.346 e. The molecule has 178 valence electrons. The number of carbonyl (C=O) groups excluding carboxylic acids is 1. The second kappa shape index (κ2) is 10.1. The van der Waals surface area contributed by atoms with E-state index in [0.29, 0.717) is 0 Å². The number of alkyl halides is 3. The molecule has 1 atom stereocenters. The van der Waals surface area contributed by atoms with Crippen molar-refractivity contribution >= 4 is 21.6 Å². The van der Waals surface area contributed by atoms with Crippen molar-refractivity contribution < 1.29 is 26.4 Å². The molecule has 0 aliphatic heterocycles. The van der Waals surface area contributed by atoms with E-state index in [4.69, 9.17) is 0 Å². The van der Waals surface area contributed by atoms with Crippen molar-refractivity contribution in [2.45, 2.75) is 24.0 Å². The quantitative estimate of drug-likeness (QED) is 0.453. The van der Waals surface area contributed by atoms with Crippen molar-refractivity contribution in [2.75, 3.05) is 10.8 Å². The summed E-state index contributed by atoms with van der Waals surface area (Å²) in [5, 5.41) is 2.78. The molecule has 1 amide bonds. The molecule has 0 radical (unpaired) electrons. The first-order valence-electron chi connectivity index (χ1n) is 10.2. The number of sulfonamides is 1. The monoisotopic (exact) mass is 489 g/mol. The van der Waals surface area contributed by atoms with Crippen LogP contribution in [0.3, 0.4) is 0 Å². The standard InChI is InChI=1S/C24H22F3N3O3S/c1-3-14-30(21-8-5-7-20(16-21)24(25,26)27)34(32,33)22-9-4-6-19(15-22)23(31)29-17(2)18-10-12-28-13-11-18/h3-13,15-17H,1,14H2,2H3,(H,29,31). The van der Waals surface area contributed by atoms with E-state index >= 15 is 0 Å². The van der Waals surface area contributed by atoms with E-state index in [0.717, 1.165) is 28.1 Å². The van der Waals surface area contributed by atoms with Gasteiger partial charge in [0.1, 0.15) is 0 Å². The zero-order valence-electron chi connectivity index (χ0n) is 18.2. The normalized spacial score (nSPS) is 12.6. The van der Waals surface area contributed by atoms with Gasteiger partial charge in [-0.25, -0.2) is 8.42 Å². The fraction of sp³-hybridized carbons (Fsp3) is 0.167. The van der Waals surface area contributed by atoms with Crippen LogP contribution in [0.2, 0.25) is 0 Å². The molecule has 0 saturated heterocycles. The van der Waals surface area contributed by atoms with Gasteiger partial charge in [0.15, 0.2) is 0 Å². The van der Waals surface area contributed by atoms with Crippen molar-refractivity contribution in [2.24, 2.45) is 0 Å². The molecule has 0 aliphatic carbocycles. The number of anilines is 1. The zero-order valence-corrected chi connectivity index (χ0v) is 19.0. The van der Waals surface area contributed by atoms with E-state index in [1.54, 1.807) is 31.5 Å². The molecule has 2 aromatic carbocycles. The number of nitrogens with one attached hydrogen (secondary N) is 1. The van der Waals surface area contributed by atoms with Gasteiger partial charge in [-0.15, -0.1) is 6.58 Å². The fourth-order valence-corrected chi connectivity index (χ4v) is 4.71. The fourth-order valence-electron chi connectivity index (χ4n) is 3.24. The molecule has 0 spiro atoms. The van der Waals surface area contributed by atoms with Crippen LogP contribution in [0.1, 0.15) is 34.5 Å². The SMILES string of the molecule is C=CCN(c1cccc(C(F)(F)F)c1)S(=O)(=O)c1cccc(C(=O)NC(C)c2ccncc2)c1. The second-order valence-corrected chi connectivity index (χ2v) is 9.24. The van der Waals surface area contributed by atoms with Gasteiger partial charge in [0.05, 0.1) is 28.7 Å². The van der Waals surface area contributed by atoms with E-state index in [1.807, 2.05) is 0 Å². The highest BCUT2D eigenvalue weighted by atomic mass is 32.2. The molecule has 1 heterocycles. The molecule has 1 unspecified atom stereocenters. The van der Waals surface area contributed by atoms with Crippen molar-refractivity contribution in [1.82, 2.24) is 10.3 Å². The van der Waals surface area contributed by atoms with Crippen LogP contribution in [0, 0.1) is 0 Å². The number of halogens is 3. The van der Waals surface area contributed by atoms with Gasteiger partial charge in [0, 0.05) is 18.0 Å². The van der Waals surface area contributed by atoms with Crippen LogP contribution in [0.15, 0.2) is 90.6 Å². The van der Waals surface area contributed by atoms with Gasteiger partial charge in [-0.2, -0.15) is 13.2 Å². The number of benzene rings is 2. The molecule has 1 aromatic heterocycles. The van der Waals surface area contributed by atoms with Gasteiger partial charge in [0.25, 0.3) is 15.9 Å². The maximum absolute atomic E-state index is 13.4. The molecule has 34 heavy (non-hydrogen) atoms. The third-order valence-electron chi connectivity index (χ3n) is 4.99. The largest absolute Gasteiger partial charge is 0.416 e. The minimum absolute atomic E-state index is 0.0876. The van der Waals surface area contributed by atoms with E-state index in [1.165, 1.54) is 36.4 Å². The Hall–Kier alpha value is -3.66. The Morgan fingerprint density at radius 1 is 1.12 bits per heavy atom. The van der Waals surface area contributed by atoms with Crippen LogP contribution < -0.4 is 9.62 Å². The topological polar surface area (TPSA) is 79.4 Å². The molecule has 10 heteroatoms. The Bertz CT molecular complexity index is 1280. The number of amides is 1. The Balaban J connectivity index is 1.93. The Labute approximate surface area is 195 Å². The number of rotatable bonds is 8. The summed E-state index contributed by atoms with van der Waals surface area (Å²) in [4.78, 5) is 16.4. The van der Waals surface area contributed by atoms with Crippen LogP contribution in [0.4, 0.5) is 18.9 Å². The Morgan fingerprint density at radius 3 is 2.44 bits per heavy atom. The number of hydrogen-bond acceptors (Lipinski definition) is 4. The lowest BCUT2D eigenvalue weighted by molar-refractivity contribution is -0.137. The summed E-state index contributed by atoms with van der Waals surface area (Å²) in [6.07, 6.45) is -0.186. The minimum Gasteiger partial charge on any atom is -0.346 e. The first-order valence-corrected chi connectivity index (χ1v) is 11.6.